The third-order valence-corrected chi connectivity index (χ3v) is 10.9. The van der Waals surface area contributed by atoms with E-state index < -0.39 is 196 Å². The van der Waals surface area contributed by atoms with Gasteiger partial charge in [-0.15, -0.1) is 0 Å². The fraction of sp³-hybridized carbons (Fsp3) is 0.704. The van der Waals surface area contributed by atoms with Gasteiger partial charge < -0.3 is 101 Å². The van der Waals surface area contributed by atoms with E-state index in [2.05, 4.69) is 47.9 Å². The Labute approximate surface area is 529 Å². The molecular formula is C54H90N12O26. The van der Waals surface area contributed by atoms with Crippen molar-refractivity contribution in [1.82, 2.24) is 63.8 Å². The van der Waals surface area contributed by atoms with Crippen LogP contribution in [0.25, 0.3) is 0 Å². The lowest BCUT2D eigenvalue weighted by atomic mass is 10.1. The van der Waals surface area contributed by atoms with E-state index in [0.717, 1.165) is 0 Å². The maximum Gasteiger partial charge on any atom is 0.415 e. The molecule has 92 heavy (non-hydrogen) atoms. The van der Waals surface area contributed by atoms with E-state index in [9.17, 15) is 76.7 Å². The van der Waals surface area contributed by atoms with Crippen LogP contribution in [-0.4, -0.2) is 237 Å². The number of aldehydes is 1. The van der Waals surface area contributed by atoms with Crippen LogP contribution in [0.2, 0.25) is 0 Å². The minimum atomic E-state index is -1.37. The lowest BCUT2D eigenvalue weighted by Gasteiger charge is -2.26. The molecule has 0 radical (unpaired) electrons. The third-order valence-electron chi connectivity index (χ3n) is 10.9. The Morgan fingerprint density at radius 3 is 0.946 bits per heavy atom. The summed E-state index contributed by atoms with van der Waals surface area (Å²) in [5, 5.41) is 53.7. The number of unbranched alkanes of at least 4 members (excludes halogenated alkanes) is 3. The molecule has 5 atom stereocenters. The average molecular weight is 1320 g/mol. The van der Waals surface area contributed by atoms with Crippen molar-refractivity contribution in [2.75, 3.05) is 78.9 Å². The van der Waals surface area contributed by atoms with Crippen LogP contribution < -0.4 is 63.8 Å². The second-order valence-corrected chi connectivity index (χ2v) is 22.7. The number of carbonyl (C=O) groups is 16. The van der Waals surface area contributed by atoms with Crippen LogP contribution in [0, 0.1) is 0 Å². The van der Waals surface area contributed by atoms with Crippen molar-refractivity contribution in [3.8, 4) is 0 Å². The standard InChI is InChI=1S/C54H90N12O26/c1-52(2,3)90-49(83)64-46(80)61-32(43(77)58-24-40(71)72)16-10-13-19-55-37(68)29-86-27-35(88-23-22-67)36(89-31-39(70)57-21-15-12-18-34(45(79)60-26-42(75)76)63-48(82)66-51(85)92-54(7,8)9)28-87-30-38(69)56-20-14-11-17-33(44(78)59-25-41(73)74)62-47(81)65-50(84)91-53(4,5)6/h22,32-36H,10-21,23-31H2,1-9H3,(H,55,68)(H,56,69)(H,57,70)(H,58,77)(H,59,78)(H,60,79)(H,71,72)(H,73,74)(H,75,76)(H2,61,64,80,83)(H2,62,65,81,84)(H2,63,66,82,85). The molecule has 0 aliphatic heterocycles. The van der Waals surface area contributed by atoms with E-state index in [-0.39, 0.29) is 77.4 Å². The highest BCUT2D eigenvalue weighted by Gasteiger charge is 2.29. The molecule has 0 aromatic heterocycles. The molecule has 0 rings (SSSR count). The van der Waals surface area contributed by atoms with Crippen molar-refractivity contribution in [2.24, 2.45) is 0 Å². The first-order chi connectivity index (χ1) is 42.9. The fourth-order valence-corrected chi connectivity index (χ4v) is 7.10. The summed E-state index contributed by atoms with van der Waals surface area (Å²) in [4.78, 5) is 196. The number of carboxylic acid groups (broad SMARTS) is 3. The molecule has 15 N–H and O–H groups in total. The van der Waals surface area contributed by atoms with Crippen LogP contribution in [0.3, 0.4) is 0 Å². The summed E-state index contributed by atoms with van der Waals surface area (Å²) >= 11 is 0. The van der Waals surface area contributed by atoms with Crippen molar-refractivity contribution in [3.63, 3.8) is 0 Å². The number of amides is 15. The number of rotatable bonds is 42. The SMILES string of the molecule is CC(C)(C)OC(=O)NC(=O)NC(CCCCNC(=O)COCC(OCC=O)C(COCC(=O)NCCCCC(NC(=O)NC(=O)OC(C)(C)C)C(=O)NCC(=O)O)OCC(=O)NCCCCC(NC(=O)NC(=O)OC(C)(C)C)C(=O)NCC(=O)O)C(=O)NCC(=O)O. The monoisotopic (exact) mass is 1320 g/mol. The maximum atomic E-state index is 13.1. The largest absolute Gasteiger partial charge is 0.480 e. The third kappa shape index (κ3) is 46.1. The quantitative estimate of drug-likeness (QED) is 0.0183. The Morgan fingerprint density at radius 2 is 0.674 bits per heavy atom. The van der Waals surface area contributed by atoms with Gasteiger partial charge in [0, 0.05) is 19.6 Å². The molecule has 0 spiro atoms. The summed E-state index contributed by atoms with van der Waals surface area (Å²) in [5.41, 5.74) is -2.88. The zero-order valence-corrected chi connectivity index (χ0v) is 53.0. The summed E-state index contributed by atoms with van der Waals surface area (Å²) in [6, 6.07) is -7.29. The second-order valence-electron chi connectivity index (χ2n) is 22.7. The predicted molar refractivity (Wildman–Crippen MR) is 315 cm³/mol. The minimum absolute atomic E-state index is 0.00374. The molecule has 0 saturated carbocycles. The van der Waals surface area contributed by atoms with Gasteiger partial charge in [0.2, 0.25) is 35.4 Å². The van der Waals surface area contributed by atoms with E-state index in [1.807, 2.05) is 16.0 Å². The van der Waals surface area contributed by atoms with Crippen molar-refractivity contribution >= 4 is 96.0 Å². The lowest BCUT2D eigenvalue weighted by Crippen LogP contribution is -2.52. The van der Waals surface area contributed by atoms with Gasteiger partial charge in [-0.25, -0.2) is 44.7 Å². The van der Waals surface area contributed by atoms with E-state index in [0.29, 0.717) is 6.29 Å². The molecule has 0 aliphatic carbocycles. The predicted octanol–water partition coefficient (Wildman–Crippen LogP) is -1.74. The van der Waals surface area contributed by atoms with Crippen molar-refractivity contribution in [3.05, 3.63) is 0 Å². The molecule has 0 bridgehead atoms. The number of aliphatic carboxylic acids is 3. The number of ether oxygens (including phenoxy) is 7. The minimum Gasteiger partial charge on any atom is -0.480 e. The molecule has 0 fully saturated rings. The molecule has 0 saturated heterocycles. The number of alkyl carbamates (subject to hydrolysis) is 3. The van der Waals surface area contributed by atoms with E-state index in [1.165, 1.54) is 0 Å². The van der Waals surface area contributed by atoms with Gasteiger partial charge in [0.15, 0.2) is 0 Å². The number of imide groups is 3. The molecule has 0 heterocycles. The smallest absolute Gasteiger partial charge is 0.415 e. The van der Waals surface area contributed by atoms with Crippen molar-refractivity contribution in [2.45, 2.75) is 167 Å². The maximum absolute atomic E-state index is 13.1. The summed E-state index contributed by atoms with van der Waals surface area (Å²) in [7, 11) is 0. The number of urea groups is 3. The number of carboxylic acids is 3. The average Bonchev–Trinajstić information content (AvgIpc) is 1.53. The highest BCUT2D eigenvalue weighted by atomic mass is 16.6. The van der Waals surface area contributed by atoms with E-state index >= 15 is 0 Å². The van der Waals surface area contributed by atoms with Crippen molar-refractivity contribution in [1.29, 1.82) is 0 Å². The number of carbonyl (C=O) groups excluding carboxylic acids is 13. The Morgan fingerprint density at radius 1 is 0.391 bits per heavy atom. The molecule has 38 nitrogen and oxygen atoms in total. The van der Waals surface area contributed by atoms with E-state index in [4.69, 9.17) is 48.5 Å². The zero-order chi connectivity index (χ0) is 70.0. The Bertz CT molecular complexity index is 2480. The molecule has 38 heteroatoms. The van der Waals surface area contributed by atoms with Gasteiger partial charge in [0.25, 0.3) is 0 Å². The van der Waals surface area contributed by atoms with Gasteiger partial charge in [-0.3, -0.25) is 43.2 Å². The highest BCUT2D eigenvalue weighted by Crippen LogP contribution is 2.12. The summed E-state index contributed by atoms with van der Waals surface area (Å²) in [6.07, 6.45) is -4.69. The number of hydrogen-bond donors (Lipinski definition) is 15. The summed E-state index contributed by atoms with van der Waals surface area (Å²) in [6.45, 7) is 8.13. The topological polar surface area (TPSA) is 543 Å². The Balaban J connectivity index is 6.00. The highest BCUT2D eigenvalue weighted by molar-refractivity contribution is 5.96. The normalized spacial score (nSPS) is 12.8. The molecule has 15 amide bonds. The van der Waals surface area contributed by atoms with Crippen LogP contribution in [0.1, 0.15) is 120 Å². The van der Waals surface area contributed by atoms with Gasteiger partial charge in [0.05, 0.1) is 13.2 Å². The molecule has 0 aromatic carbocycles. The first-order valence-electron chi connectivity index (χ1n) is 28.9. The lowest BCUT2D eigenvalue weighted by molar-refractivity contribution is -0.151. The van der Waals surface area contributed by atoms with Gasteiger partial charge in [0.1, 0.15) is 99.5 Å². The van der Waals surface area contributed by atoms with Crippen LogP contribution >= 0.6 is 0 Å². The Kier molecular flexibility index (Phi) is 40.1. The second kappa shape index (κ2) is 44.4. The van der Waals surface area contributed by atoms with Gasteiger partial charge in [-0.05, 0) is 120 Å². The molecule has 0 aliphatic rings. The molecule has 5 unspecified atom stereocenters. The summed E-state index contributed by atoms with van der Waals surface area (Å²) in [5.74, 6) is -8.81. The van der Waals surface area contributed by atoms with Crippen LogP contribution in [0.4, 0.5) is 28.8 Å². The van der Waals surface area contributed by atoms with Gasteiger partial charge in [-0.1, -0.05) is 0 Å². The van der Waals surface area contributed by atoms with Crippen LogP contribution in [0.15, 0.2) is 0 Å². The molecule has 522 valence electrons. The summed E-state index contributed by atoms with van der Waals surface area (Å²) < 4.78 is 37.7. The first-order valence-corrected chi connectivity index (χ1v) is 28.9. The van der Waals surface area contributed by atoms with Gasteiger partial charge >= 0.3 is 54.3 Å². The van der Waals surface area contributed by atoms with E-state index in [1.54, 1.807) is 62.3 Å². The number of nitrogens with one attached hydrogen (secondary N) is 12. The zero-order valence-electron chi connectivity index (χ0n) is 53.0. The Hall–Kier alpha value is -9.04. The number of hydrogen-bond acceptors (Lipinski definition) is 23. The molecular weight excluding hydrogens is 1230 g/mol. The molecule has 0 aromatic rings. The van der Waals surface area contributed by atoms with Crippen molar-refractivity contribution < 1.29 is 125 Å². The van der Waals surface area contributed by atoms with Crippen LogP contribution in [-0.2, 0) is 81.1 Å². The fourth-order valence-electron chi connectivity index (χ4n) is 7.10. The van der Waals surface area contributed by atoms with Gasteiger partial charge in [-0.2, -0.15) is 0 Å². The van der Waals surface area contributed by atoms with Crippen LogP contribution in [0.5, 0.6) is 0 Å². The first kappa shape index (κ1) is 83.0.